The van der Waals surface area contributed by atoms with Crippen LogP contribution in [0.2, 0.25) is 0 Å². The number of aromatic nitrogens is 1. The number of Topliss-reactive ketones (excluding diaryl/α,β-unsaturated/α-hetero) is 1. The van der Waals surface area contributed by atoms with Crippen LogP contribution >= 0.6 is 0 Å². The second-order valence-electron chi connectivity index (χ2n) is 8.34. The minimum atomic E-state index is -1.23. The smallest absolute Gasteiger partial charge is 0.319 e. The number of carbonyl (C=O) groups is 3. The van der Waals surface area contributed by atoms with Gasteiger partial charge in [0.25, 0.3) is 5.91 Å². The minimum absolute atomic E-state index is 0.364. The van der Waals surface area contributed by atoms with E-state index in [0.29, 0.717) is 22.5 Å². The van der Waals surface area contributed by atoms with Crippen molar-refractivity contribution in [1.82, 2.24) is 14.8 Å². The summed E-state index contributed by atoms with van der Waals surface area (Å²) in [5, 5.41) is 2.72. The number of nitrogens with zero attached hydrogens (tertiary/aromatic N) is 2. The third kappa shape index (κ3) is 3.49. The van der Waals surface area contributed by atoms with Gasteiger partial charge in [-0.25, -0.2) is 9.18 Å². The summed E-state index contributed by atoms with van der Waals surface area (Å²) < 4.78 is 15.5. The first-order valence-corrected chi connectivity index (χ1v) is 10.3. The SMILES string of the molecule is Cc1ccc(C2(C)NC(=O)N(CC(=O)c3cc(C)n(-c4cccc(F)c4)c3C)C2=O)cc1. The van der Waals surface area contributed by atoms with E-state index in [9.17, 15) is 18.8 Å². The van der Waals surface area contributed by atoms with Crippen molar-refractivity contribution in [3.63, 3.8) is 0 Å². The number of benzene rings is 2. The maximum Gasteiger partial charge on any atom is 0.325 e. The van der Waals surface area contributed by atoms with Gasteiger partial charge in [0.2, 0.25) is 0 Å². The van der Waals surface area contributed by atoms with Crippen LogP contribution in [-0.2, 0) is 10.3 Å². The number of urea groups is 1. The molecular weight excluding hydrogens is 409 g/mol. The van der Waals surface area contributed by atoms with Crippen LogP contribution in [0.4, 0.5) is 9.18 Å². The van der Waals surface area contributed by atoms with E-state index in [1.165, 1.54) is 12.1 Å². The minimum Gasteiger partial charge on any atom is -0.319 e. The molecular formula is C25H24FN3O3. The van der Waals surface area contributed by atoms with Crippen molar-refractivity contribution in [2.45, 2.75) is 33.2 Å². The van der Waals surface area contributed by atoms with Crippen molar-refractivity contribution < 1.29 is 18.8 Å². The molecule has 1 unspecified atom stereocenters. The fourth-order valence-corrected chi connectivity index (χ4v) is 4.21. The van der Waals surface area contributed by atoms with E-state index in [4.69, 9.17) is 0 Å². The zero-order chi connectivity index (χ0) is 23.2. The highest BCUT2D eigenvalue weighted by molar-refractivity contribution is 6.11. The standard InChI is InChI=1S/C25H24FN3O3/c1-15-8-10-18(11-9-15)25(4)23(31)28(24(32)27-25)14-22(30)21-12-16(2)29(17(21)3)20-7-5-6-19(26)13-20/h5-13H,14H2,1-4H3,(H,27,32). The van der Waals surface area contributed by atoms with Crippen molar-refractivity contribution in [2.24, 2.45) is 0 Å². The Labute approximate surface area is 185 Å². The van der Waals surface area contributed by atoms with E-state index in [-0.39, 0.29) is 18.1 Å². The molecule has 7 heteroatoms. The van der Waals surface area contributed by atoms with Crippen molar-refractivity contribution in [3.05, 3.63) is 88.5 Å². The van der Waals surface area contributed by atoms with E-state index >= 15 is 0 Å². The number of nitrogens with one attached hydrogen (secondary N) is 1. The van der Waals surface area contributed by atoms with E-state index in [0.717, 1.165) is 16.2 Å². The Hall–Kier alpha value is -3.74. The van der Waals surface area contributed by atoms with E-state index in [2.05, 4.69) is 5.32 Å². The summed E-state index contributed by atoms with van der Waals surface area (Å²) in [6, 6.07) is 14.5. The molecule has 3 amide bonds. The molecule has 3 aromatic rings. The number of hydrogen-bond donors (Lipinski definition) is 1. The number of rotatable bonds is 5. The lowest BCUT2D eigenvalue weighted by Gasteiger charge is -2.22. The topological polar surface area (TPSA) is 71.4 Å². The number of carbonyl (C=O) groups excluding carboxylic acids is 3. The quantitative estimate of drug-likeness (QED) is 0.484. The molecule has 164 valence electrons. The normalized spacial score (nSPS) is 18.2. The molecule has 0 spiro atoms. The molecule has 6 nitrogen and oxygen atoms in total. The first-order valence-electron chi connectivity index (χ1n) is 10.3. The zero-order valence-electron chi connectivity index (χ0n) is 18.4. The van der Waals surface area contributed by atoms with Crippen molar-refractivity contribution >= 4 is 17.7 Å². The molecule has 1 aromatic heterocycles. The van der Waals surface area contributed by atoms with Crippen LogP contribution in [0, 0.1) is 26.6 Å². The van der Waals surface area contributed by atoms with Crippen molar-refractivity contribution in [1.29, 1.82) is 0 Å². The fourth-order valence-electron chi connectivity index (χ4n) is 4.21. The number of hydrogen-bond acceptors (Lipinski definition) is 3. The van der Waals surface area contributed by atoms with E-state index < -0.39 is 17.5 Å². The molecule has 1 aliphatic rings. The molecule has 0 aliphatic carbocycles. The third-order valence-corrected chi connectivity index (χ3v) is 6.00. The van der Waals surface area contributed by atoms with Gasteiger partial charge in [-0.1, -0.05) is 35.9 Å². The molecule has 32 heavy (non-hydrogen) atoms. The molecule has 1 aliphatic heterocycles. The van der Waals surface area contributed by atoms with E-state index in [1.54, 1.807) is 48.7 Å². The first kappa shape index (κ1) is 21.5. The first-order chi connectivity index (χ1) is 15.1. The zero-order valence-corrected chi connectivity index (χ0v) is 18.4. The average Bonchev–Trinajstić information content (AvgIpc) is 3.16. The molecule has 1 atom stereocenters. The largest absolute Gasteiger partial charge is 0.325 e. The summed E-state index contributed by atoms with van der Waals surface area (Å²) >= 11 is 0. The molecule has 0 radical (unpaired) electrons. The van der Waals surface area contributed by atoms with Gasteiger partial charge in [0.1, 0.15) is 11.4 Å². The number of aryl methyl sites for hydroxylation is 2. The lowest BCUT2D eigenvalue weighted by molar-refractivity contribution is -0.130. The Balaban J connectivity index is 1.61. The second kappa shape index (κ2) is 7.75. The number of imide groups is 1. The Kier molecular flexibility index (Phi) is 5.20. The summed E-state index contributed by atoms with van der Waals surface area (Å²) in [5.41, 5.74) is 2.81. The fraction of sp³-hybridized carbons (Fsp3) is 0.240. The third-order valence-electron chi connectivity index (χ3n) is 6.00. The summed E-state index contributed by atoms with van der Waals surface area (Å²) in [7, 11) is 0. The van der Waals surface area contributed by atoms with Gasteiger partial charge in [-0.3, -0.25) is 14.5 Å². The Morgan fingerprint density at radius 3 is 2.38 bits per heavy atom. The van der Waals surface area contributed by atoms with Gasteiger partial charge in [-0.05, 0) is 57.5 Å². The van der Waals surface area contributed by atoms with E-state index in [1.807, 2.05) is 26.0 Å². The lowest BCUT2D eigenvalue weighted by Crippen LogP contribution is -2.41. The number of halogens is 1. The van der Waals surface area contributed by atoms with Crippen molar-refractivity contribution in [2.75, 3.05) is 6.54 Å². The van der Waals surface area contributed by atoms with Crippen LogP contribution in [0.5, 0.6) is 0 Å². The Bertz CT molecular complexity index is 1250. The average molecular weight is 433 g/mol. The van der Waals surface area contributed by atoms with Crippen LogP contribution < -0.4 is 5.32 Å². The number of amides is 3. The van der Waals surface area contributed by atoms with Gasteiger partial charge >= 0.3 is 6.03 Å². The van der Waals surface area contributed by atoms with Crippen LogP contribution in [0.1, 0.15) is 39.8 Å². The maximum absolute atomic E-state index is 13.7. The Morgan fingerprint density at radius 2 is 1.72 bits per heavy atom. The maximum atomic E-state index is 13.7. The van der Waals surface area contributed by atoms with Crippen LogP contribution in [0.15, 0.2) is 54.6 Å². The highest BCUT2D eigenvalue weighted by atomic mass is 19.1. The van der Waals surface area contributed by atoms with Crippen LogP contribution in [-0.4, -0.2) is 33.7 Å². The molecule has 1 N–H and O–H groups in total. The molecule has 4 rings (SSSR count). The van der Waals surface area contributed by atoms with Gasteiger partial charge in [0, 0.05) is 22.6 Å². The lowest BCUT2D eigenvalue weighted by atomic mass is 9.91. The summed E-state index contributed by atoms with van der Waals surface area (Å²) in [5.74, 6) is -1.21. The highest BCUT2D eigenvalue weighted by Gasteiger charge is 2.49. The van der Waals surface area contributed by atoms with Gasteiger partial charge in [-0.15, -0.1) is 0 Å². The van der Waals surface area contributed by atoms with Crippen LogP contribution in [0.25, 0.3) is 5.69 Å². The predicted molar refractivity (Wildman–Crippen MR) is 118 cm³/mol. The molecule has 0 bridgehead atoms. The number of ketones is 1. The van der Waals surface area contributed by atoms with Gasteiger partial charge in [0.15, 0.2) is 5.78 Å². The summed E-state index contributed by atoms with van der Waals surface area (Å²) in [6.45, 7) is 6.77. The monoisotopic (exact) mass is 433 g/mol. The molecule has 1 fully saturated rings. The van der Waals surface area contributed by atoms with Crippen LogP contribution in [0.3, 0.4) is 0 Å². The Morgan fingerprint density at radius 1 is 1.03 bits per heavy atom. The highest BCUT2D eigenvalue weighted by Crippen LogP contribution is 2.30. The van der Waals surface area contributed by atoms with Gasteiger partial charge in [0.05, 0.1) is 6.54 Å². The summed E-state index contributed by atoms with van der Waals surface area (Å²) in [4.78, 5) is 39.8. The molecule has 2 heterocycles. The molecule has 2 aromatic carbocycles. The summed E-state index contributed by atoms with van der Waals surface area (Å²) in [6.07, 6.45) is 0. The molecule has 1 saturated heterocycles. The molecule has 0 saturated carbocycles. The second-order valence-corrected chi connectivity index (χ2v) is 8.34. The predicted octanol–water partition coefficient (Wildman–Crippen LogP) is 4.19. The van der Waals surface area contributed by atoms with Gasteiger partial charge in [-0.2, -0.15) is 0 Å². The van der Waals surface area contributed by atoms with Gasteiger partial charge < -0.3 is 9.88 Å². The van der Waals surface area contributed by atoms with Crippen molar-refractivity contribution in [3.8, 4) is 5.69 Å².